The maximum absolute atomic E-state index is 12.5. The predicted molar refractivity (Wildman–Crippen MR) is 194 cm³/mol. The van der Waals surface area contributed by atoms with Gasteiger partial charge >= 0.3 is 11.8 Å². The Bertz CT molecular complexity index is 2480. The summed E-state index contributed by atoms with van der Waals surface area (Å²) in [7, 11) is 0. The fraction of sp³-hybridized carbons (Fsp3) is 0.237. The molecule has 0 aliphatic rings. The van der Waals surface area contributed by atoms with E-state index in [0.717, 1.165) is 41.4 Å². The largest absolute Gasteiger partial charge is 0.506 e. The van der Waals surface area contributed by atoms with Crippen LogP contribution in [-0.4, -0.2) is 64.7 Å². The van der Waals surface area contributed by atoms with Gasteiger partial charge in [-0.25, -0.2) is 14.2 Å². The molecule has 0 amide bonds. The number of carbonyl (C=O) groups is 1. The van der Waals surface area contributed by atoms with E-state index in [1.807, 2.05) is 39.8 Å². The third-order valence-electron chi connectivity index (χ3n) is 8.52. The number of halogens is 3. The number of aryl methyl sites for hydroxylation is 4. The Morgan fingerprint density at radius 2 is 1.35 bits per heavy atom. The fourth-order valence-corrected chi connectivity index (χ4v) is 6.00. The number of fused-ring (bicyclic) bond motifs is 3. The zero-order valence-electron chi connectivity index (χ0n) is 30.1. The van der Waals surface area contributed by atoms with Gasteiger partial charge in [-0.15, -0.1) is 0 Å². The molecule has 0 atom stereocenters. The van der Waals surface area contributed by atoms with Crippen LogP contribution in [0.3, 0.4) is 0 Å². The van der Waals surface area contributed by atoms with E-state index < -0.39 is 28.9 Å². The van der Waals surface area contributed by atoms with Crippen LogP contribution in [0, 0.1) is 77.1 Å². The van der Waals surface area contributed by atoms with Crippen molar-refractivity contribution in [2.45, 2.75) is 47.7 Å². The Hall–Kier alpha value is -4.80. The van der Waals surface area contributed by atoms with E-state index in [9.17, 15) is 27.9 Å². The number of aromatic hydroxyl groups is 1. The monoisotopic (exact) mass is 877 g/mol. The Kier molecular flexibility index (Phi) is 12.2. The zero-order valence-corrected chi connectivity index (χ0v) is 32.5. The molecule has 7 rings (SSSR count). The van der Waals surface area contributed by atoms with Gasteiger partial charge in [0.05, 0.1) is 16.8 Å². The van der Waals surface area contributed by atoms with Crippen molar-refractivity contribution in [2.75, 3.05) is 18.0 Å². The molecular formula is C38H35EuF3N8O4. The SMILES string of the molecule is CCN(CC)c1ccc(-c2nc(-n3nc(C)cc3C)nc(-n3nc(C)cc3C)n2)cc1.O=C(c1c(O)c2ccc3ccccc3c2oc1=O)C(F)(F)F.[Eu]. The maximum atomic E-state index is 12.5. The van der Waals surface area contributed by atoms with Crippen LogP contribution in [0.4, 0.5) is 18.9 Å². The molecule has 0 aliphatic heterocycles. The summed E-state index contributed by atoms with van der Waals surface area (Å²) in [5, 5.41) is 20.1. The summed E-state index contributed by atoms with van der Waals surface area (Å²) in [4.78, 5) is 39.5. The number of anilines is 1. The Labute approximate surface area is 348 Å². The molecule has 0 fully saturated rings. The second-order valence-electron chi connectivity index (χ2n) is 12.3. The van der Waals surface area contributed by atoms with Gasteiger partial charge in [0, 0.05) is 90.5 Å². The number of rotatable bonds is 7. The van der Waals surface area contributed by atoms with Gasteiger partial charge in [0.1, 0.15) is 11.3 Å². The summed E-state index contributed by atoms with van der Waals surface area (Å²) in [5.41, 5.74) is 2.85. The van der Waals surface area contributed by atoms with Crippen molar-refractivity contribution in [3.8, 4) is 29.0 Å². The number of Topliss-reactive ketones (excluding diaryl/α,β-unsaturated/α-hetero) is 1. The summed E-state index contributed by atoms with van der Waals surface area (Å²) in [6.07, 6.45) is -5.28. The van der Waals surface area contributed by atoms with Gasteiger partial charge in [-0.2, -0.15) is 38.3 Å². The summed E-state index contributed by atoms with van der Waals surface area (Å²) < 4.78 is 45.9. The number of nitrogens with zero attached hydrogens (tertiary/aromatic N) is 8. The van der Waals surface area contributed by atoms with Crippen LogP contribution in [0.5, 0.6) is 5.75 Å². The smallest absolute Gasteiger partial charge is 0.455 e. The molecule has 0 spiro atoms. The number of alkyl halides is 3. The minimum Gasteiger partial charge on any atom is -0.506 e. The van der Waals surface area contributed by atoms with Crippen LogP contribution in [0.15, 0.2) is 82.0 Å². The van der Waals surface area contributed by atoms with Crippen LogP contribution >= 0.6 is 0 Å². The van der Waals surface area contributed by atoms with E-state index in [1.165, 1.54) is 11.8 Å². The second-order valence-corrected chi connectivity index (χ2v) is 12.3. The number of benzene rings is 3. The standard InChI is InChI=1S/C23H28N8.C15H7F3O4.Eu/c1-7-29(8-2)20-11-9-19(10-12-20)21-24-22(30-17(5)13-15(3)27-30)26-23(25-21)31-18(6)14-16(4)28-31;16-15(17,18)13(20)10-11(19)9-6-5-7-3-1-2-4-8(7)12(9)22-14(10)21;/h9-14H,7-8H2,1-6H3;1-6,19H;. The average molecular weight is 877 g/mol. The van der Waals surface area contributed by atoms with Crippen molar-refractivity contribution in [1.29, 1.82) is 0 Å². The van der Waals surface area contributed by atoms with E-state index in [-0.39, 0.29) is 60.3 Å². The van der Waals surface area contributed by atoms with E-state index in [4.69, 9.17) is 19.4 Å². The molecule has 0 bridgehead atoms. The topological polar surface area (TPSA) is 145 Å². The first-order chi connectivity index (χ1) is 25.2. The van der Waals surface area contributed by atoms with E-state index >= 15 is 0 Å². The molecule has 1 radical (unpaired) electrons. The Morgan fingerprint density at radius 1 is 0.796 bits per heavy atom. The van der Waals surface area contributed by atoms with E-state index in [0.29, 0.717) is 28.5 Å². The van der Waals surface area contributed by atoms with Gasteiger partial charge in [-0.3, -0.25) is 4.79 Å². The Morgan fingerprint density at radius 3 is 1.85 bits per heavy atom. The number of hydrogen-bond donors (Lipinski definition) is 1. The molecule has 0 saturated heterocycles. The molecule has 16 heteroatoms. The molecule has 0 aliphatic carbocycles. The molecule has 279 valence electrons. The predicted octanol–water partition coefficient (Wildman–Crippen LogP) is 7.39. The summed E-state index contributed by atoms with van der Waals surface area (Å²) in [6, 6.07) is 21.8. The molecule has 12 nitrogen and oxygen atoms in total. The van der Waals surface area contributed by atoms with Crippen molar-refractivity contribution in [3.63, 3.8) is 0 Å². The quantitative estimate of drug-likeness (QED) is 0.0978. The van der Waals surface area contributed by atoms with Crippen LogP contribution < -0.4 is 10.5 Å². The van der Waals surface area contributed by atoms with Gasteiger partial charge < -0.3 is 14.4 Å². The Balaban J connectivity index is 0.000000215. The van der Waals surface area contributed by atoms with Crippen molar-refractivity contribution < 1.29 is 76.9 Å². The number of hydrogen-bond acceptors (Lipinski definition) is 10. The third-order valence-corrected chi connectivity index (χ3v) is 8.52. The molecular weight excluding hydrogens is 841 g/mol. The molecule has 7 aromatic rings. The number of aromatic nitrogens is 7. The van der Waals surface area contributed by atoms with Gasteiger partial charge in [0.2, 0.25) is 0 Å². The van der Waals surface area contributed by atoms with Gasteiger partial charge in [0.15, 0.2) is 11.4 Å². The first kappa shape index (κ1) is 40.4. The first-order valence-electron chi connectivity index (χ1n) is 16.7. The van der Waals surface area contributed by atoms with Crippen LogP contribution in [-0.2, 0) is 0 Å². The normalized spacial score (nSPS) is 11.3. The minimum absolute atomic E-state index is 0. The summed E-state index contributed by atoms with van der Waals surface area (Å²) in [6.45, 7) is 14.1. The number of ketones is 1. The molecule has 1 N–H and O–H groups in total. The first-order valence-corrected chi connectivity index (χ1v) is 16.7. The maximum Gasteiger partial charge on any atom is 0.455 e. The fourth-order valence-electron chi connectivity index (χ4n) is 6.00. The van der Waals surface area contributed by atoms with Gasteiger partial charge in [-0.1, -0.05) is 30.3 Å². The molecule has 0 unspecified atom stereocenters. The van der Waals surface area contributed by atoms with Crippen molar-refractivity contribution >= 4 is 33.2 Å². The van der Waals surface area contributed by atoms with Crippen LogP contribution in [0.25, 0.3) is 45.0 Å². The van der Waals surface area contributed by atoms with Crippen molar-refractivity contribution in [1.82, 2.24) is 34.5 Å². The molecule has 4 aromatic heterocycles. The third kappa shape index (κ3) is 8.15. The molecule has 4 heterocycles. The van der Waals surface area contributed by atoms with Gasteiger partial charge in [0.25, 0.3) is 17.7 Å². The second kappa shape index (κ2) is 16.3. The van der Waals surface area contributed by atoms with Crippen LogP contribution in [0.1, 0.15) is 47.0 Å². The van der Waals surface area contributed by atoms with E-state index in [1.54, 1.807) is 39.7 Å². The van der Waals surface area contributed by atoms with Crippen LogP contribution in [0.2, 0.25) is 0 Å². The molecule has 3 aromatic carbocycles. The summed E-state index contributed by atoms with van der Waals surface area (Å²) in [5.74, 6) is -1.92. The molecule has 54 heavy (non-hydrogen) atoms. The average Bonchev–Trinajstić information content (AvgIpc) is 3.66. The van der Waals surface area contributed by atoms with Gasteiger partial charge in [-0.05, 0) is 89.4 Å². The van der Waals surface area contributed by atoms with Crippen molar-refractivity contribution in [2.24, 2.45) is 0 Å². The zero-order chi connectivity index (χ0) is 38.2. The number of carbonyl (C=O) groups excluding carboxylic acids is 1. The summed E-state index contributed by atoms with van der Waals surface area (Å²) >= 11 is 0. The van der Waals surface area contributed by atoms with E-state index in [2.05, 4.69) is 53.2 Å². The minimum atomic E-state index is -5.28. The van der Waals surface area contributed by atoms with Crippen molar-refractivity contribution in [3.05, 3.63) is 112 Å². The molecule has 0 saturated carbocycles.